The van der Waals surface area contributed by atoms with Crippen molar-refractivity contribution in [2.75, 3.05) is 26.2 Å². The number of hydrogen-bond donors (Lipinski definition) is 1. The van der Waals surface area contributed by atoms with Crippen LogP contribution in [0.5, 0.6) is 5.75 Å². The van der Waals surface area contributed by atoms with Crippen LogP contribution in [0.4, 0.5) is 0 Å². The Bertz CT molecular complexity index is 459. The Hall–Kier alpha value is -0.810. The minimum Gasteiger partial charge on any atom is -1.00 e. The average molecular weight is 329 g/mol. The number of aliphatic hydroxyl groups is 1. The molecule has 1 N–H and O–H groups in total. The summed E-state index contributed by atoms with van der Waals surface area (Å²) >= 11 is 0. The van der Waals surface area contributed by atoms with E-state index in [1.54, 1.807) is 0 Å². The van der Waals surface area contributed by atoms with Crippen LogP contribution in [0.25, 0.3) is 0 Å². The molecule has 1 aliphatic rings. The van der Waals surface area contributed by atoms with Crippen LogP contribution >= 0.6 is 0 Å². The van der Waals surface area contributed by atoms with E-state index in [1.165, 1.54) is 5.56 Å². The largest absolute Gasteiger partial charge is 1.00 e. The predicted molar refractivity (Wildman–Crippen MR) is 83.9 cm³/mol. The van der Waals surface area contributed by atoms with Gasteiger partial charge in [-0.2, -0.15) is 0 Å². The smallest absolute Gasteiger partial charge is 0.122 e. The van der Waals surface area contributed by atoms with Gasteiger partial charge in [-0.1, -0.05) is 12.1 Å². The van der Waals surface area contributed by atoms with Gasteiger partial charge in [0.15, 0.2) is 0 Å². The lowest BCUT2D eigenvalue weighted by atomic mass is 10.1. The standard InChI is InChI=1S/C17H27NO3.ClH/c1-12-5-6-13(2)17(7-12)20-11-16(19)10-18-8-14(3)21-15(4)9-18;/h5-7,14-16,19H,8-11H2,1-4H3;1H/p-1. The second-order valence-electron chi connectivity index (χ2n) is 6.21. The molecular weight excluding hydrogens is 302 g/mol. The monoisotopic (exact) mass is 328 g/mol. The lowest BCUT2D eigenvalue weighted by Crippen LogP contribution is -3.00. The molecule has 0 amide bonds. The molecule has 0 aromatic heterocycles. The van der Waals surface area contributed by atoms with Crippen molar-refractivity contribution in [3.63, 3.8) is 0 Å². The lowest BCUT2D eigenvalue weighted by Gasteiger charge is -2.36. The molecule has 1 aromatic carbocycles. The lowest BCUT2D eigenvalue weighted by molar-refractivity contribution is -0.0787. The van der Waals surface area contributed by atoms with Gasteiger partial charge in [0.25, 0.3) is 0 Å². The van der Waals surface area contributed by atoms with Crippen molar-refractivity contribution in [1.82, 2.24) is 4.90 Å². The Balaban J connectivity index is 0.00000242. The highest BCUT2D eigenvalue weighted by atomic mass is 35.5. The van der Waals surface area contributed by atoms with Gasteiger partial charge in [0, 0.05) is 19.6 Å². The molecule has 126 valence electrons. The third kappa shape index (κ3) is 5.76. The number of nitrogens with zero attached hydrogens (tertiary/aromatic N) is 1. The van der Waals surface area contributed by atoms with Gasteiger partial charge < -0.3 is 27.0 Å². The molecule has 0 bridgehead atoms. The minimum absolute atomic E-state index is 0. The molecule has 4 nitrogen and oxygen atoms in total. The first-order chi connectivity index (χ1) is 9.94. The number of benzene rings is 1. The molecule has 1 fully saturated rings. The zero-order valence-corrected chi connectivity index (χ0v) is 14.6. The van der Waals surface area contributed by atoms with E-state index in [-0.39, 0.29) is 24.6 Å². The van der Waals surface area contributed by atoms with Gasteiger partial charge in [-0.05, 0) is 44.9 Å². The van der Waals surface area contributed by atoms with Gasteiger partial charge in [0.2, 0.25) is 0 Å². The molecular formula is C17H27ClNO3-. The van der Waals surface area contributed by atoms with Crippen molar-refractivity contribution >= 4 is 0 Å². The summed E-state index contributed by atoms with van der Waals surface area (Å²) in [5, 5.41) is 10.2. The van der Waals surface area contributed by atoms with Crippen LogP contribution in [0.15, 0.2) is 18.2 Å². The average Bonchev–Trinajstić information content (AvgIpc) is 2.38. The Kier molecular flexibility index (Phi) is 7.63. The maximum absolute atomic E-state index is 10.2. The van der Waals surface area contributed by atoms with Crippen LogP contribution in [0, 0.1) is 13.8 Å². The molecule has 0 radical (unpaired) electrons. The van der Waals surface area contributed by atoms with Crippen molar-refractivity contribution in [2.24, 2.45) is 0 Å². The number of halogens is 1. The molecule has 0 aliphatic carbocycles. The minimum atomic E-state index is -0.484. The van der Waals surface area contributed by atoms with E-state index in [1.807, 2.05) is 26.0 Å². The molecule has 1 aromatic rings. The molecule has 1 saturated heterocycles. The maximum atomic E-state index is 10.2. The number of hydrogen-bond acceptors (Lipinski definition) is 4. The summed E-state index contributed by atoms with van der Waals surface area (Å²) in [7, 11) is 0. The fourth-order valence-corrected chi connectivity index (χ4v) is 2.83. The third-order valence-electron chi connectivity index (χ3n) is 3.74. The molecule has 1 aliphatic heterocycles. The van der Waals surface area contributed by atoms with E-state index < -0.39 is 6.10 Å². The zero-order valence-electron chi connectivity index (χ0n) is 13.9. The van der Waals surface area contributed by atoms with Crippen molar-refractivity contribution in [1.29, 1.82) is 0 Å². The van der Waals surface area contributed by atoms with Crippen LogP contribution in [-0.4, -0.2) is 54.6 Å². The zero-order chi connectivity index (χ0) is 15.4. The van der Waals surface area contributed by atoms with Gasteiger partial charge >= 0.3 is 0 Å². The Morgan fingerprint density at radius 2 is 1.91 bits per heavy atom. The van der Waals surface area contributed by atoms with E-state index in [9.17, 15) is 5.11 Å². The molecule has 3 atom stereocenters. The van der Waals surface area contributed by atoms with Gasteiger partial charge in [-0.25, -0.2) is 0 Å². The number of ether oxygens (including phenoxy) is 2. The topological polar surface area (TPSA) is 41.9 Å². The van der Waals surface area contributed by atoms with E-state index >= 15 is 0 Å². The number of aryl methyl sites for hydroxylation is 2. The van der Waals surface area contributed by atoms with Crippen molar-refractivity contribution in [3.05, 3.63) is 29.3 Å². The molecule has 1 heterocycles. The Labute approximate surface area is 139 Å². The van der Waals surface area contributed by atoms with E-state index in [4.69, 9.17) is 9.47 Å². The maximum Gasteiger partial charge on any atom is 0.122 e. The second kappa shape index (κ2) is 8.73. The van der Waals surface area contributed by atoms with Crippen LogP contribution < -0.4 is 17.1 Å². The summed E-state index contributed by atoms with van der Waals surface area (Å²) < 4.78 is 11.5. The summed E-state index contributed by atoms with van der Waals surface area (Å²) in [5.74, 6) is 0.859. The van der Waals surface area contributed by atoms with Gasteiger partial charge in [0.05, 0.1) is 12.2 Å². The van der Waals surface area contributed by atoms with Crippen LogP contribution in [-0.2, 0) is 4.74 Å². The SMILES string of the molecule is Cc1ccc(C)c(OCC(O)CN2CC(C)OC(C)C2)c1.[Cl-]. The Morgan fingerprint density at radius 1 is 1.27 bits per heavy atom. The first-order valence-electron chi connectivity index (χ1n) is 7.70. The summed E-state index contributed by atoms with van der Waals surface area (Å²) in [6.45, 7) is 10.9. The first kappa shape index (κ1) is 19.2. The van der Waals surface area contributed by atoms with Gasteiger partial charge in [0.1, 0.15) is 18.5 Å². The summed E-state index contributed by atoms with van der Waals surface area (Å²) in [6.07, 6.45) is -0.0378. The molecule has 0 saturated carbocycles. The molecule has 2 rings (SSSR count). The highest BCUT2D eigenvalue weighted by Gasteiger charge is 2.23. The van der Waals surface area contributed by atoms with Crippen molar-refractivity contribution < 1.29 is 27.0 Å². The Morgan fingerprint density at radius 3 is 2.55 bits per heavy atom. The van der Waals surface area contributed by atoms with E-state index in [0.29, 0.717) is 13.2 Å². The van der Waals surface area contributed by atoms with E-state index in [2.05, 4.69) is 24.8 Å². The fraction of sp³-hybridized carbons (Fsp3) is 0.647. The highest BCUT2D eigenvalue weighted by molar-refractivity contribution is 5.35. The summed E-state index contributed by atoms with van der Waals surface area (Å²) in [5.41, 5.74) is 2.27. The number of β-amino-alcohol motifs (C(OH)–C–C–N with tert-alkyl or cyclic N) is 1. The van der Waals surface area contributed by atoms with Gasteiger partial charge in [-0.15, -0.1) is 0 Å². The van der Waals surface area contributed by atoms with Crippen LogP contribution in [0.3, 0.4) is 0 Å². The van der Waals surface area contributed by atoms with Crippen molar-refractivity contribution in [2.45, 2.75) is 46.0 Å². The normalized spacial score (nSPS) is 23.7. The second-order valence-corrected chi connectivity index (χ2v) is 6.21. The molecule has 22 heavy (non-hydrogen) atoms. The van der Waals surface area contributed by atoms with Crippen molar-refractivity contribution in [3.8, 4) is 5.75 Å². The third-order valence-corrected chi connectivity index (χ3v) is 3.74. The first-order valence-corrected chi connectivity index (χ1v) is 7.70. The molecule has 3 unspecified atom stereocenters. The van der Waals surface area contributed by atoms with E-state index in [0.717, 1.165) is 24.4 Å². The predicted octanol–water partition coefficient (Wildman–Crippen LogP) is -0.844. The quantitative estimate of drug-likeness (QED) is 0.765. The fourth-order valence-electron chi connectivity index (χ4n) is 2.83. The molecule has 0 spiro atoms. The summed E-state index contributed by atoms with van der Waals surface area (Å²) in [6, 6.07) is 6.12. The summed E-state index contributed by atoms with van der Waals surface area (Å²) in [4.78, 5) is 2.25. The number of aliphatic hydroxyl groups excluding tert-OH is 1. The molecule has 5 heteroatoms. The van der Waals surface area contributed by atoms with Crippen LogP contribution in [0.2, 0.25) is 0 Å². The van der Waals surface area contributed by atoms with Gasteiger partial charge in [-0.3, -0.25) is 4.90 Å². The highest BCUT2D eigenvalue weighted by Crippen LogP contribution is 2.19. The number of rotatable bonds is 5. The van der Waals surface area contributed by atoms with Crippen LogP contribution in [0.1, 0.15) is 25.0 Å². The number of morpholine rings is 1.